The second-order valence-corrected chi connectivity index (χ2v) is 7.76. The monoisotopic (exact) mass is 297 g/mol. The van der Waals surface area contributed by atoms with Crippen molar-refractivity contribution in [2.45, 2.75) is 25.3 Å². The van der Waals surface area contributed by atoms with Gasteiger partial charge in [-0.25, -0.2) is 8.42 Å². The van der Waals surface area contributed by atoms with Gasteiger partial charge in [-0.3, -0.25) is 4.90 Å². The highest BCUT2D eigenvalue weighted by Crippen LogP contribution is 2.33. The average Bonchev–Trinajstić information content (AvgIpc) is 2.42. The van der Waals surface area contributed by atoms with E-state index in [0.717, 1.165) is 19.3 Å². The van der Waals surface area contributed by atoms with Crippen LogP contribution in [0.5, 0.6) is 0 Å². The smallest absolute Gasteiger partial charge is 0.148 e. The maximum Gasteiger partial charge on any atom is 0.148 e. The Morgan fingerprint density at radius 3 is 2.75 bits per heavy atom. The molecule has 0 saturated heterocycles. The minimum Gasteiger partial charge on any atom is -0.395 e. The third-order valence-corrected chi connectivity index (χ3v) is 4.84. The van der Waals surface area contributed by atoms with Crippen LogP contribution >= 0.6 is 0 Å². The molecular formula is C15H23NO3S. The van der Waals surface area contributed by atoms with Crippen molar-refractivity contribution >= 4 is 9.84 Å². The molecule has 1 aliphatic carbocycles. The van der Waals surface area contributed by atoms with Crippen LogP contribution in [0.25, 0.3) is 0 Å². The van der Waals surface area contributed by atoms with E-state index >= 15 is 0 Å². The number of hydrogen-bond acceptors (Lipinski definition) is 4. The van der Waals surface area contributed by atoms with Crippen LogP contribution in [-0.2, 0) is 16.3 Å². The Morgan fingerprint density at radius 2 is 2.05 bits per heavy atom. The Kier molecular flexibility index (Phi) is 5.18. The first kappa shape index (κ1) is 15.5. The Bertz CT molecular complexity index is 542. The fourth-order valence-corrected chi connectivity index (χ4v) is 3.51. The van der Waals surface area contributed by atoms with Gasteiger partial charge in [0.25, 0.3) is 0 Å². The molecule has 0 fully saturated rings. The van der Waals surface area contributed by atoms with Crippen LogP contribution in [0.15, 0.2) is 24.3 Å². The van der Waals surface area contributed by atoms with Crippen molar-refractivity contribution in [3.05, 3.63) is 35.4 Å². The van der Waals surface area contributed by atoms with Crippen LogP contribution in [0.2, 0.25) is 0 Å². The summed E-state index contributed by atoms with van der Waals surface area (Å²) < 4.78 is 22.8. The first-order chi connectivity index (χ1) is 9.51. The van der Waals surface area contributed by atoms with Gasteiger partial charge in [-0.2, -0.15) is 0 Å². The Balaban J connectivity index is 2.17. The van der Waals surface area contributed by atoms with Crippen LogP contribution in [0, 0.1) is 0 Å². The van der Waals surface area contributed by atoms with Gasteiger partial charge in [0.1, 0.15) is 9.84 Å². The molecule has 0 heterocycles. The molecule has 0 aromatic heterocycles. The largest absolute Gasteiger partial charge is 0.395 e. The van der Waals surface area contributed by atoms with Crippen molar-refractivity contribution in [2.24, 2.45) is 0 Å². The van der Waals surface area contributed by atoms with Crippen LogP contribution in [-0.4, -0.2) is 50.1 Å². The number of aliphatic hydroxyl groups is 1. The molecule has 1 atom stereocenters. The molecule has 112 valence electrons. The summed E-state index contributed by atoms with van der Waals surface area (Å²) in [5.41, 5.74) is 2.65. The summed E-state index contributed by atoms with van der Waals surface area (Å²) in [7, 11) is -2.98. The number of sulfone groups is 1. The van der Waals surface area contributed by atoms with E-state index in [1.165, 1.54) is 17.4 Å². The minimum atomic E-state index is -2.98. The van der Waals surface area contributed by atoms with E-state index in [4.69, 9.17) is 0 Å². The topological polar surface area (TPSA) is 57.6 Å². The molecule has 0 amide bonds. The summed E-state index contributed by atoms with van der Waals surface area (Å²) in [6.07, 6.45) is 4.49. The van der Waals surface area contributed by atoms with Crippen LogP contribution in [0.1, 0.15) is 30.0 Å². The van der Waals surface area contributed by atoms with Crippen molar-refractivity contribution in [2.75, 3.05) is 31.7 Å². The predicted molar refractivity (Wildman–Crippen MR) is 80.5 cm³/mol. The molecule has 20 heavy (non-hydrogen) atoms. The molecule has 0 radical (unpaired) electrons. The lowest BCUT2D eigenvalue weighted by Gasteiger charge is -2.35. The Hall–Kier alpha value is -0.910. The first-order valence-corrected chi connectivity index (χ1v) is 9.18. The number of benzene rings is 1. The number of aliphatic hydroxyl groups excluding tert-OH is 1. The molecule has 4 nitrogen and oxygen atoms in total. The molecule has 1 aromatic rings. The number of hydrogen-bond donors (Lipinski definition) is 1. The van der Waals surface area contributed by atoms with E-state index < -0.39 is 9.84 Å². The highest BCUT2D eigenvalue weighted by atomic mass is 32.2. The summed E-state index contributed by atoms with van der Waals surface area (Å²) in [6, 6.07) is 8.59. The number of rotatable bonds is 6. The van der Waals surface area contributed by atoms with Gasteiger partial charge in [-0.05, 0) is 30.4 Å². The highest BCUT2D eigenvalue weighted by molar-refractivity contribution is 7.90. The van der Waals surface area contributed by atoms with Gasteiger partial charge in [-0.1, -0.05) is 24.3 Å². The van der Waals surface area contributed by atoms with E-state index in [-0.39, 0.29) is 18.4 Å². The van der Waals surface area contributed by atoms with E-state index in [9.17, 15) is 13.5 Å². The first-order valence-electron chi connectivity index (χ1n) is 7.11. The van der Waals surface area contributed by atoms with Crippen LogP contribution in [0.3, 0.4) is 0 Å². The maximum absolute atomic E-state index is 11.4. The Morgan fingerprint density at radius 1 is 1.30 bits per heavy atom. The maximum atomic E-state index is 11.4. The summed E-state index contributed by atoms with van der Waals surface area (Å²) in [6.45, 7) is 1.06. The van der Waals surface area contributed by atoms with Gasteiger partial charge in [-0.15, -0.1) is 0 Å². The lowest BCUT2D eigenvalue weighted by Crippen LogP contribution is -2.36. The SMILES string of the molecule is CS(=O)(=O)CCN(CCO)[C@H]1CCCc2ccccc21. The lowest BCUT2D eigenvalue weighted by molar-refractivity contribution is 0.146. The van der Waals surface area contributed by atoms with E-state index in [1.807, 2.05) is 12.1 Å². The van der Waals surface area contributed by atoms with E-state index in [2.05, 4.69) is 17.0 Å². The third-order valence-electron chi connectivity index (χ3n) is 3.92. The fraction of sp³-hybridized carbons (Fsp3) is 0.600. The van der Waals surface area contributed by atoms with Gasteiger partial charge in [0.15, 0.2) is 0 Å². The van der Waals surface area contributed by atoms with Crippen LogP contribution < -0.4 is 0 Å². The molecule has 0 spiro atoms. The quantitative estimate of drug-likeness (QED) is 0.862. The summed E-state index contributed by atoms with van der Waals surface area (Å²) >= 11 is 0. The molecule has 5 heteroatoms. The van der Waals surface area contributed by atoms with Gasteiger partial charge in [0, 0.05) is 25.4 Å². The third kappa shape index (κ3) is 4.04. The highest BCUT2D eigenvalue weighted by Gasteiger charge is 2.25. The molecule has 0 aliphatic heterocycles. The molecule has 0 unspecified atom stereocenters. The van der Waals surface area contributed by atoms with Crippen molar-refractivity contribution in [1.29, 1.82) is 0 Å². The summed E-state index contributed by atoms with van der Waals surface area (Å²) in [5, 5.41) is 9.25. The van der Waals surface area contributed by atoms with Gasteiger partial charge >= 0.3 is 0 Å². The lowest BCUT2D eigenvalue weighted by atomic mass is 9.87. The number of nitrogens with zero attached hydrogens (tertiary/aromatic N) is 1. The predicted octanol–water partition coefficient (Wildman–Crippen LogP) is 1.40. The van der Waals surface area contributed by atoms with Crippen molar-refractivity contribution < 1.29 is 13.5 Å². The van der Waals surface area contributed by atoms with Crippen LogP contribution in [0.4, 0.5) is 0 Å². The summed E-state index contributed by atoms with van der Waals surface area (Å²) in [4.78, 5) is 2.11. The standard InChI is InChI=1S/C15H23NO3S/c1-20(18,19)12-10-16(9-11-17)15-8-4-6-13-5-2-3-7-14(13)15/h2-3,5,7,15,17H,4,6,8-12H2,1H3/t15-/m0/s1. The molecular weight excluding hydrogens is 274 g/mol. The average molecular weight is 297 g/mol. The van der Waals surface area contributed by atoms with Crippen molar-refractivity contribution in [3.8, 4) is 0 Å². The van der Waals surface area contributed by atoms with Gasteiger partial charge < -0.3 is 5.11 Å². The Labute approximate surface area is 121 Å². The van der Waals surface area contributed by atoms with Gasteiger partial charge in [0.05, 0.1) is 12.4 Å². The van der Waals surface area contributed by atoms with Crippen molar-refractivity contribution in [3.63, 3.8) is 0 Å². The zero-order chi connectivity index (χ0) is 14.6. The zero-order valence-corrected chi connectivity index (χ0v) is 12.8. The molecule has 1 aliphatic rings. The summed E-state index contributed by atoms with van der Waals surface area (Å²) in [5.74, 6) is 0.145. The normalized spacial score (nSPS) is 19.1. The zero-order valence-electron chi connectivity index (χ0n) is 12.0. The second-order valence-electron chi connectivity index (χ2n) is 5.50. The van der Waals surface area contributed by atoms with E-state index in [1.54, 1.807) is 0 Å². The van der Waals surface area contributed by atoms with Crippen molar-refractivity contribution in [1.82, 2.24) is 4.90 Å². The van der Waals surface area contributed by atoms with Gasteiger partial charge in [0.2, 0.25) is 0 Å². The minimum absolute atomic E-state index is 0.0580. The molecule has 2 rings (SSSR count). The number of aryl methyl sites for hydroxylation is 1. The molecule has 1 aromatic carbocycles. The number of fused-ring (bicyclic) bond motifs is 1. The second kappa shape index (κ2) is 6.70. The molecule has 0 bridgehead atoms. The fourth-order valence-electron chi connectivity index (χ4n) is 2.94. The molecule has 1 N–H and O–H groups in total. The molecule has 0 saturated carbocycles. The van der Waals surface area contributed by atoms with E-state index in [0.29, 0.717) is 13.1 Å².